The summed E-state index contributed by atoms with van der Waals surface area (Å²) in [6, 6.07) is 75.5. The first kappa shape index (κ1) is 30.1. The van der Waals surface area contributed by atoms with Crippen molar-refractivity contribution in [2.75, 3.05) is 0 Å². The van der Waals surface area contributed by atoms with Crippen molar-refractivity contribution in [2.24, 2.45) is 0 Å². The average Bonchev–Trinajstić information content (AvgIpc) is 3.23. The second-order valence-corrected chi connectivity index (χ2v) is 13.6. The molecule has 0 aliphatic rings. The highest BCUT2D eigenvalue weighted by atomic mass is 14.2. The molecule has 0 saturated heterocycles. The van der Waals surface area contributed by atoms with Gasteiger partial charge < -0.3 is 0 Å². The number of fused-ring (bicyclic) bond motifs is 4. The van der Waals surface area contributed by atoms with Crippen molar-refractivity contribution in [3.8, 4) is 55.6 Å². The molecule has 0 aromatic heterocycles. The van der Waals surface area contributed by atoms with Crippen LogP contribution in [0.2, 0.25) is 0 Å². The highest BCUT2D eigenvalue weighted by molar-refractivity contribution is 6.24. The zero-order chi connectivity index (χ0) is 34.4. The van der Waals surface area contributed by atoms with E-state index in [0.29, 0.717) is 0 Å². The molecule has 0 amide bonds. The first-order chi connectivity index (χ1) is 25.8. The number of benzene rings is 10. The van der Waals surface area contributed by atoms with Crippen molar-refractivity contribution in [3.63, 3.8) is 0 Å². The van der Waals surface area contributed by atoms with Crippen molar-refractivity contribution in [3.05, 3.63) is 206 Å². The van der Waals surface area contributed by atoms with Gasteiger partial charge in [-0.05, 0) is 111 Å². The van der Waals surface area contributed by atoms with E-state index >= 15 is 0 Å². The van der Waals surface area contributed by atoms with E-state index in [4.69, 9.17) is 0 Å². The zero-order valence-electron chi connectivity index (χ0n) is 28.6. The van der Waals surface area contributed by atoms with E-state index in [1.165, 1.54) is 98.7 Å². The van der Waals surface area contributed by atoms with Gasteiger partial charge in [0.1, 0.15) is 0 Å². The van der Waals surface area contributed by atoms with Crippen LogP contribution in [0.15, 0.2) is 206 Å². The maximum atomic E-state index is 2.38. The van der Waals surface area contributed by atoms with E-state index in [9.17, 15) is 0 Å². The molecule has 0 unspecified atom stereocenters. The Kier molecular flexibility index (Phi) is 7.25. The van der Waals surface area contributed by atoms with Gasteiger partial charge in [-0.2, -0.15) is 0 Å². The first-order valence-electron chi connectivity index (χ1n) is 18.0. The third-order valence-corrected chi connectivity index (χ3v) is 10.7. The molecule has 242 valence electrons. The summed E-state index contributed by atoms with van der Waals surface area (Å²) in [5.41, 5.74) is 12.5. The summed E-state index contributed by atoms with van der Waals surface area (Å²) in [6.45, 7) is 0. The van der Waals surface area contributed by atoms with Crippen molar-refractivity contribution in [2.45, 2.75) is 0 Å². The molecular formula is C52H34. The lowest BCUT2D eigenvalue weighted by molar-refractivity contribution is 1.60. The first-order valence-corrected chi connectivity index (χ1v) is 18.0. The molecule has 0 atom stereocenters. The van der Waals surface area contributed by atoms with Gasteiger partial charge in [0, 0.05) is 0 Å². The molecule has 0 N–H and O–H groups in total. The summed E-state index contributed by atoms with van der Waals surface area (Å²) in [5.74, 6) is 0. The van der Waals surface area contributed by atoms with E-state index < -0.39 is 0 Å². The minimum atomic E-state index is 1.22. The average molecular weight is 659 g/mol. The number of rotatable bonds is 5. The Morgan fingerprint density at radius 3 is 1.17 bits per heavy atom. The molecule has 0 heteroatoms. The van der Waals surface area contributed by atoms with Gasteiger partial charge in [0.15, 0.2) is 0 Å². The molecule has 52 heavy (non-hydrogen) atoms. The summed E-state index contributed by atoms with van der Waals surface area (Å²) in [5, 5.41) is 10.1. The Balaban J connectivity index is 1.15. The molecule has 0 nitrogen and oxygen atoms in total. The Morgan fingerprint density at radius 2 is 0.577 bits per heavy atom. The van der Waals surface area contributed by atoms with Gasteiger partial charge in [0.25, 0.3) is 0 Å². The highest BCUT2D eigenvalue weighted by Crippen LogP contribution is 2.46. The van der Waals surface area contributed by atoms with Crippen LogP contribution in [0.5, 0.6) is 0 Å². The second kappa shape index (κ2) is 12.5. The van der Waals surface area contributed by atoms with Gasteiger partial charge in [0.2, 0.25) is 0 Å². The van der Waals surface area contributed by atoms with Crippen molar-refractivity contribution in [1.82, 2.24) is 0 Å². The van der Waals surface area contributed by atoms with Crippen molar-refractivity contribution >= 4 is 43.1 Å². The molecule has 10 rings (SSSR count). The Hall–Kier alpha value is -6.76. The quantitative estimate of drug-likeness (QED) is 0.161. The van der Waals surface area contributed by atoms with Crippen LogP contribution < -0.4 is 0 Å². The Bertz CT molecular complexity index is 2860. The lowest BCUT2D eigenvalue weighted by atomic mass is 9.83. The molecule has 0 spiro atoms. The van der Waals surface area contributed by atoms with Crippen LogP contribution in [0, 0.1) is 0 Å². The van der Waals surface area contributed by atoms with E-state index in [2.05, 4.69) is 206 Å². The fourth-order valence-electron chi connectivity index (χ4n) is 8.18. The molecular weight excluding hydrogens is 625 g/mol. The topological polar surface area (TPSA) is 0 Å². The number of hydrogen-bond donors (Lipinski definition) is 0. The predicted molar refractivity (Wildman–Crippen MR) is 224 cm³/mol. The van der Waals surface area contributed by atoms with Gasteiger partial charge in [-0.3, -0.25) is 0 Å². The Morgan fingerprint density at radius 1 is 0.192 bits per heavy atom. The van der Waals surface area contributed by atoms with E-state index in [1.807, 2.05) is 0 Å². The molecule has 0 saturated carbocycles. The monoisotopic (exact) mass is 658 g/mol. The summed E-state index contributed by atoms with van der Waals surface area (Å²) in [6.07, 6.45) is 0. The maximum absolute atomic E-state index is 2.38. The van der Waals surface area contributed by atoms with Crippen molar-refractivity contribution < 1.29 is 0 Å². The van der Waals surface area contributed by atoms with Gasteiger partial charge in [-0.1, -0.05) is 194 Å². The van der Waals surface area contributed by atoms with Gasteiger partial charge >= 0.3 is 0 Å². The van der Waals surface area contributed by atoms with Crippen LogP contribution in [0.25, 0.3) is 98.7 Å². The molecule has 0 aliphatic heterocycles. The molecule has 10 aromatic rings. The smallest absolute Gasteiger partial charge is 0.00201 e. The van der Waals surface area contributed by atoms with Gasteiger partial charge in [-0.25, -0.2) is 0 Å². The van der Waals surface area contributed by atoms with Crippen molar-refractivity contribution in [1.29, 1.82) is 0 Å². The third-order valence-electron chi connectivity index (χ3n) is 10.7. The standard InChI is InChI=1S/C52H34/c1-3-13-35(14-4-1)36-23-25-37(26-24-36)40-29-27-38-28-30-41(34-42(38)33-40)51-46-19-9-11-21-48(46)52(49-22-12-10-20-47(49)51)50-32-31-43(39-15-5-2-6-16-39)44-17-7-8-18-45(44)50/h1-34H. The molecule has 0 heterocycles. The molecule has 0 fully saturated rings. The normalized spacial score (nSPS) is 11.5. The molecule has 0 radical (unpaired) electrons. The minimum absolute atomic E-state index is 1.22. The van der Waals surface area contributed by atoms with E-state index in [-0.39, 0.29) is 0 Å². The van der Waals surface area contributed by atoms with Crippen LogP contribution >= 0.6 is 0 Å². The van der Waals surface area contributed by atoms with E-state index in [0.717, 1.165) is 0 Å². The van der Waals surface area contributed by atoms with Gasteiger partial charge in [-0.15, -0.1) is 0 Å². The maximum Gasteiger partial charge on any atom is -0.00201 e. The van der Waals surface area contributed by atoms with Crippen LogP contribution in [0.3, 0.4) is 0 Å². The SMILES string of the molecule is c1ccc(-c2ccc(-c3ccc4ccc(-c5c6ccccc6c(-c6ccc(-c7ccccc7)c7ccccc67)c6ccccc56)cc4c3)cc2)cc1. The van der Waals surface area contributed by atoms with Crippen LogP contribution in [-0.4, -0.2) is 0 Å². The zero-order valence-corrected chi connectivity index (χ0v) is 28.6. The second-order valence-electron chi connectivity index (χ2n) is 13.6. The molecule has 0 bridgehead atoms. The number of hydrogen-bond acceptors (Lipinski definition) is 0. The molecule has 10 aromatic carbocycles. The third kappa shape index (κ3) is 5.08. The summed E-state index contributed by atoms with van der Waals surface area (Å²) < 4.78 is 0. The highest BCUT2D eigenvalue weighted by Gasteiger charge is 2.19. The minimum Gasteiger partial charge on any atom is -0.0622 e. The summed E-state index contributed by atoms with van der Waals surface area (Å²) >= 11 is 0. The predicted octanol–water partition coefficient (Wildman–Crippen LogP) is 14.6. The molecule has 0 aliphatic carbocycles. The van der Waals surface area contributed by atoms with E-state index in [1.54, 1.807) is 0 Å². The summed E-state index contributed by atoms with van der Waals surface area (Å²) in [4.78, 5) is 0. The summed E-state index contributed by atoms with van der Waals surface area (Å²) in [7, 11) is 0. The fraction of sp³-hybridized carbons (Fsp3) is 0. The van der Waals surface area contributed by atoms with Gasteiger partial charge in [0.05, 0.1) is 0 Å². The lowest BCUT2D eigenvalue weighted by Gasteiger charge is -2.20. The van der Waals surface area contributed by atoms with Crippen LogP contribution in [0.1, 0.15) is 0 Å². The fourth-order valence-corrected chi connectivity index (χ4v) is 8.18. The Labute approximate surface area is 303 Å². The van der Waals surface area contributed by atoms with Crippen LogP contribution in [0.4, 0.5) is 0 Å². The van der Waals surface area contributed by atoms with Crippen LogP contribution in [-0.2, 0) is 0 Å². The lowest BCUT2D eigenvalue weighted by Crippen LogP contribution is -1.92. The largest absolute Gasteiger partial charge is 0.0622 e.